The molecule has 0 aliphatic rings. The standard InChI is InChI=1S/C18H14N4O/c1-21-11-14(3-5-18(21)23)15-2-4-17-16(10-20-22(17)12-15)13-6-8-19-9-7-13/h2-12H,1H3/p+1. The van der Waals surface area contributed by atoms with Crippen LogP contribution >= 0.6 is 0 Å². The van der Waals surface area contributed by atoms with E-state index < -0.39 is 0 Å². The number of rotatable bonds is 2. The van der Waals surface area contributed by atoms with E-state index in [1.165, 1.54) is 0 Å². The summed E-state index contributed by atoms with van der Waals surface area (Å²) >= 11 is 0. The zero-order valence-corrected chi connectivity index (χ0v) is 12.6. The van der Waals surface area contributed by atoms with Crippen LogP contribution in [0.25, 0.3) is 27.8 Å². The van der Waals surface area contributed by atoms with Gasteiger partial charge in [0.1, 0.15) is 0 Å². The van der Waals surface area contributed by atoms with Crippen LogP contribution in [0.2, 0.25) is 0 Å². The molecule has 0 aromatic carbocycles. The fourth-order valence-electron chi connectivity index (χ4n) is 2.73. The lowest BCUT2D eigenvalue weighted by Gasteiger charge is -2.01. The molecule has 5 nitrogen and oxygen atoms in total. The Hall–Kier alpha value is -3.21. The molecule has 0 bridgehead atoms. The Morgan fingerprint density at radius 1 is 1.00 bits per heavy atom. The second kappa shape index (κ2) is 5.21. The quantitative estimate of drug-likeness (QED) is 0.577. The first-order chi connectivity index (χ1) is 11.2. The molecule has 0 amide bonds. The first-order valence-corrected chi connectivity index (χ1v) is 7.33. The number of aryl methyl sites for hydroxylation is 1. The summed E-state index contributed by atoms with van der Waals surface area (Å²) in [7, 11) is 1.76. The van der Waals surface area contributed by atoms with Crippen molar-refractivity contribution in [1.82, 2.24) is 14.6 Å². The van der Waals surface area contributed by atoms with Crippen LogP contribution in [0.5, 0.6) is 0 Å². The van der Waals surface area contributed by atoms with Crippen molar-refractivity contribution in [3.8, 4) is 22.3 Å². The molecular formula is C18H15N4O+. The van der Waals surface area contributed by atoms with E-state index in [1.54, 1.807) is 30.1 Å². The predicted octanol–water partition coefficient (Wildman–Crippen LogP) is 2.18. The minimum absolute atomic E-state index is 0.0117. The Morgan fingerprint density at radius 2 is 1.78 bits per heavy atom. The van der Waals surface area contributed by atoms with Crippen molar-refractivity contribution >= 4 is 5.52 Å². The van der Waals surface area contributed by atoms with Crippen molar-refractivity contribution in [1.29, 1.82) is 0 Å². The SMILES string of the molecule is Cn1cc(-c2ccc3c(-c4ccncc4)c[nH][n+]3c2)ccc1=O. The van der Waals surface area contributed by atoms with Gasteiger partial charge in [-0.2, -0.15) is 5.10 Å². The normalized spacial score (nSPS) is 11.0. The molecule has 0 saturated heterocycles. The maximum absolute atomic E-state index is 11.5. The lowest BCUT2D eigenvalue weighted by Crippen LogP contribution is -2.22. The lowest BCUT2D eigenvalue weighted by atomic mass is 10.1. The zero-order valence-electron chi connectivity index (χ0n) is 12.6. The van der Waals surface area contributed by atoms with E-state index in [9.17, 15) is 4.79 Å². The molecule has 4 aromatic rings. The van der Waals surface area contributed by atoms with Crippen molar-refractivity contribution in [2.45, 2.75) is 0 Å². The fraction of sp³-hybridized carbons (Fsp3) is 0.0556. The van der Waals surface area contributed by atoms with Gasteiger partial charge in [-0.1, -0.05) is 4.52 Å². The highest BCUT2D eigenvalue weighted by atomic mass is 16.1. The van der Waals surface area contributed by atoms with Gasteiger partial charge in [0.15, 0.2) is 0 Å². The van der Waals surface area contributed by atoms with Gasteiger partial charge in [-0.3, -0.25) is 9.78 Å². The molecule has 0 spiro atoms. The topological polar surface area (TPSA) is 54.8 Å². The molecule has 4 heterocycles. The second-order valence-electron chi connectivity index (χ2n) is 5.46. The number of nitrogens with zero attached hydrogens (tertiary/aromatic N) is 3. The number of pyridine rings is 3. The van der Waals surface area contributed by atoms with Gasteiger partial charge >= 0.3 is 0 Å². The smallest absolute Gasteiger partial charge is 0.250 e. The molecule has 0 saturated carbocycles. The minimum Gasteiger partial charge on any atom is -0.318 e. The summed E-state index contributed by atoms with van der Waals surface area (Å²) in [4.78, 5) is 15.6. The zero-order chi connectivity index (χ0) is 15.8. The number of H-pyrrole nitrogens is 1. The molecule has 5 heteroatoms. The van der Waals surface area contributed by atoms with Crippen LogP contribution in [0.3, 0.4) is 0 Å². The maximum atomic E-state index is 11.5. The molecule has 0 aliphatic heterocycles. The van der Waals surface area contributed by atoms with Gasteiger partial charge in [0.25, 0.3) is 0 Å². The molecule has 23 heavy (non-hydrogen) atoms. The molecular weight excluding hydrogens is 288 g/mol. The Morgan fingerprint density at radius 3 is 2.57 bits per heavy atom. The van der Waals surface area contributed by atoms with Crippen LogP contribution in [0.15, 0.2) is 72.2 Å². The molecule has 0 fully saturated rings. The van der Waals surface area contributed by atoms with Crippen LogP contribution < -0.4 is 10.1 Å². The number of fused-ring (bicyclic) bond motifs is 1. The van der Waals surface area contributed by atoms with E-state index in [2.05, 4.69) is 22.2 Å². The number of aromatic amines is 1. The molecule has 112 valence electrons. The summed E-state index contributed by atoms with van der Waals surface area (Å²) in [5.74, 6) is 0. The van der Waals surface area contributed by atoms with Crippen molar-refractivity contribution in [2.75, 3.05) is 0 Å². The highest BCUT2D eigenvalue weighted by molar-refractivity contribution is 5.77. The van der Waals surface area contributed by atoms with Gasteiger partial charge in [0.2, 0.25) is 17.3 Å². The molecule has 0 unspecified atom stereocenters. The Labute approximate surface area is 132 Å². The summed E-state index contributed by atoms with van der Waals surface area (Å²) in [5, 5.41) is 3.25. The maximum Gasteiger partial charge on any atom is 0.250 e. The third kappa shape index (κ3) is 2.32. The number of aromatic nitrogens is 4. The van der Waals surface area contributed by atoms with Gasteiger partial charge in [-0.25, -0.2) is 0 Å². The molecule has 0 atom stereocenters. The van der Waals surface area contributed by atoms with Gasteiger partial charge in [0.05, 0.1) is 17.3 Å². The van der Waals surface area contributed by atoms with Crippen LogP contribution in [-0.2, 0) is 7.05 Å². The largest absolute Gasteiger partial charge is 0.318 e. The lowest BCUT2D eigenvalue weighted by molar-refractivity contribution is -0.575. The van der Waals surface area contributed by atoms with Crippen molar-refractivity contribution < 1.29 is 4.52 Å². The number of nitrogens with one attached hydrogen (secondary N) is 1. The highest BCUT2D eigenvalue weighted by Crippen LogP contribution is 2.23. The van der Waals surface area contributed by atoms with Crippen LogP contribution in [-0.4, -0.2) is 14.6 Å². The van der Waals surface area contributed by atoms with Gasteiger partial charge in [-0.05, 0) is 29.8 Å². The van der Waals surface area contributed by atoms with Crippen LogP contribution in [0, 0.1) is 0 Å². The first-order valence-electron chi connectivity index (χ1n) is 7.33. The average molecular weight is 303 g/mol. The molecule has 0 radical (unpaired) electrons. The summed E-state index contributed by atoms with van der Waals surface area (Å²) in [5.41, 5.74) is 5.36. The van der Waals surface area contributed by atoms with Gasteiger partial charge in [0, 0.05) is 43.3 Å². The first kappa shape index (κ1) is 13.5. The predicted molar refractivity (Wildman–Crippen MR) is 87.9 cm³/mol. The second-order valence-corrected chi connectivity index (χ2v) is 5.46. The minimum atomic E-state index is -0.0117. The summed E-state index contributed by atoms with van der Waals surface area (Å²) < 4.78 is 3.57. The number of hydrogen-bond acceptors (Lipinski definition) is 2. The van der Waals surface area contributed by atoms with E-state index in [1.807, 2.05) is 41.3 Å². The Bertz CT molecular complexity index is 1050. The van der Waals surface area contributed by atoms with Crippen LogP contribution in [0.4, 0.5) is 0 Å². The van der Waals surface area contributed by atoms with Crippen molar-refractivity contribution in [3.63, 3.8) is 0 Å². The fourth-order valence-corrected chi connectivity index (χ4v) is 2.73. The molecule has 1 N–H and O–H groups in total. The molecule has 4 aromatic heterocycles. The third-order valence-corrected chi connectivity index (χ3v) is 3.98. The molecule has 4 rings (SSSR count). The average Bonchev–Trinajstić information content (AvgIpc) is 3.01. The van der Waals surface area contributed by atoms with Crippen LogP contribution in [0.1, 0.15) is 0 Å². The van der Waals surface area contributed by atoms with Gasteiger partial charge in [-0.15, -0.1) is 0 Å². The van der Waals surface area contributed by atoms with E-state index >= 15 is 0 Å². The molecule has 0 aliphatic carbocycles. The Kier molecular flexibility index (Phi) is 3.05. The number of hydrogen-bond donors (Lipinski definition) is 1. The van der Waals surface area contributed by atoms with E-state index in [0.717, 1.165) is 27.8 Å². The third-order valence-electron chi connectivity index (χ3n) is 3.98. The van der Waals surface area contributed by atoms with E-state index in [0.29, 0.717) is 0 Å². The van der Waals surface area contributed by atoms with Gasteiger partial charge < -0.3 is 4.57 Å². The summed E-state index contributed by atoms with van der Waals surface area (Å²) in [6.07, 6.45) is 9.43. The monoisotopic (exact) mass is 303 g/mol. The summed E-state index contributed by atoms with van der Waals surface area (Å²) in [6.45, 7) is 0. The van der Waals surface area contributed by atoms with Crippen molar-refractivity contribution in [2.24, 2.45) is 7.05 Å². The van der Waals surface area contributed by atoms with E-state index in [-0.39, 0.29) is 5.56 Å². The van der Waals surface area contributed by atoms with E-state index in [4.69, 9.17) is 0 Å². The van der Waals surface area contributed by atoms with Crippen molar-refractivity contribution in [3.05, 3.63) is 77.7 Å². The highest BCUT2D eigenvalue weighted by Gasteiger charge is 2.14. The Balaban J connectivity index is 1.84. The summed E-state index contributed by atoms with van der Waals surface area (Å²) in [6, 6.07) is 11.5.